The van der Waals surface area contributed by atoms with Crippen molar-refractivity contribution < 1.29 is 18.3 Å². The molecule has 0 bridgehead atoms. The van der Waals surface area contributed by atoms with Crippen LogP contribution in [0.3, 0.4) is 0 Å². The molecule has 1 aromatic carbocycles. The monoisotopic (exact) mass is 277 g/mol. The third kappa shape index (κ3) is 4.49. The van der Waals surface area contributed by atoms with Crippen LogP contribution in [0.2, 0.25) is 0 Å². The molecule has 6 heteroatoms. The summed E-state index contributed by atoms with van der Waals surface area (Å²) in [7, 11) is 0. The number of alkyl halides is 3. The van der Waals surface area contributed by atoms with Crippen LogP contribution in [0.1, 0.15) is 23.7 Å². The van der Waals surface area contributed by atoms with Gasteiger partial charge < -0.3 is 10.1 Å². The predicted octanol–water partition coefficient (Wildman–Crippen LogP) is 3.04. The summed E-state index contributed by atoms with van der Waals surface area (Å²) in [4.78, 5) is 11.9. The number of benzene rings is 1. The Morgan fingerprint density at radius 1 is 1.44 bits per heavy atom. The fourth-order valence-corrected chi connectivity index (χ4v) is 1.72. The van der Waals surface area contributed by atoms with Crippen molar-refractivity contribution in [3.05, 3.63) is 29.8 Å². The van der Waals surface area contributed by atoms with E-state index in [2.05, 4.69) is 10.1 Å². The first-order chi connectivity index (χ1) is 8.54. The normalized spacial score (nSPS) is 12.3. The summed E-state index contributed by atoms with van der Waals surface area (Å²) in [6.07, 6.45) is 0.602. The van der Waals surface area contributed by atoms with Crippen LogP contribution in [0.25, 0.3) is 0 Å². The summed E-state index contributed by atoms with van der Waals surface area (Å²) in [6, 6.07) is 5.73. The molecule has 1 amide bonds. The van der Waals surface area contributed by atoms with Gasteiger partial charge in [-0.25, -0.2) is 0 Å². The first-order valence-electron chi connectivity index (χ1n) is 5.45. The maximum absolute atomic E-state index is 12.2. The summed E-state index contributed by atoms with van der Waals surface area (Å²) in [5, 5.41) is 2.66. The Hall–Kier alpha value is -1.36. The number of carbonyl (C=O) groups is 1. The number of para-hydroxylation sites is 1. The summed E-state index contributed by atoms with van der Waals surface area (Å²) < 4.78 is 28.6. The van der Waals surface area contributed by atoms with Crippen molar-refractivity contribution in [2.75, 3.05) is 5.88 Å². The van der Waals surface area contributed by atoms with E-state index in [1.165, 1.54) is 18.2 Å². The molecule has 0 heterocycles. The number of amides is 1. The van der Waals surface area contributed by atoms with Crippen molar-refractivity contribution in [1.82, 2.24) is 5.32 Å². The maximum Gasteiger partial charge on any atom is 0.387 e. The van der Waals surface area contributed by atoms with Gasteiger partial charge in [0.15, 0.2) is 0 Å². The SMILES string of the molecule is CC(CCCl)NC(=O)c1ccccc1OC(F)F. The summed E-state index contributed by atoms with van der Waals surface area (Å²) >= 11 is 5.55. The Balaban J connectivity index is 2.78. The van der Waals surface area contributed by atoms with Crippen molar-refractivity contribution in [1.29, 1.82) is 0 Å². The smallest absolute Gasteiger partial charge is 0.387 e. The van der Waals surface area contributed by atoms with Gasteiger partial charge in [-0.05, 0) is 25.5 Å². The zero-order valence-corrected chi connectivity index (χ0v) is 10.6. The lowest BCUT2D eigenvalue weighted by Gasteiger charge is -2.14. The summed E-state index contributed by atoms with van der Waals surface area (Å²) in [6.45, 7) is -1.17. The summed E-state index contributed by atoms with van der Waals surface area (Å²) in [5.41, 5.74) is 0.0826. The predicted molar refractivity (Wildman–Crippen MR) is 65.3 cm³/mol. The van der Waals surface area contributed by atoms with Crippen LogP contribution in [0.5, 0.6) is 5.75 Å². The number of ether oxygens (including phenoxy) is 1. The van der Waals surface area contributed by atoms with Crippen LogP contribution < -0.4 is 10.1 Å². The second-order valence-electron chi connectivity index (χ2n) is 3.73. The van der Waals surface area contributed by atoms with E-state index in [-0.39, 0.29) is 17.4 Å². The molecular formula is C12H14ClF2NO2. The zero-order chi connectivity index (χ0) is 13.5. The van der Waals surface area contributed by atoms with E-state index >= 15 is 0 Å². The van der Waals surface area contributed by atoms with Crippen LogP contribution in [-0.4, -0.2) is 24.4 Å². The second-order valence-corrected chi connectivity index (χ2v) is 4.10. The number of hydrogen-bond acceptors (Lipinski definition) is 2. The van der Waals surface area contributed by atoms with E-state index in [9.17, 15) is 13.6 Å². The molecule has 1 rings (SSSR count). The molecule has 0 spiro atoms. The minimum absolute atomic E-state index is 0.0826. The van der Waals surface area contributed by atoms with E-state index in [1.807, 2.05) is 0 Å². The van der Waals surface area contributed by atoms with Crippen LogP contribution in [-0.2, 0) is 0 Å². The largest absolute Gasteiger partial charge is 0.434 e. The molecule has 18 heavy (non-hydrogen) atoms. The van der Waals surface area contributed by atoms with Crippen LogP contribution in [0.15, 0.2) is 24.3 Å². The molecule has 0 radical (unpaired) electrons. The van der Waals surface area contributed by atoms with Crippen molar-refractivity contribution in [2.24, 2.45) is 0 Å². The van der Waals surface area contributed by atoms with E-state index in [0.29, 0.717) is 12.3 Å². The average molecular weight is 278 g/mol. The third-order valence-electron chi connectivity index (χ3n) is 2.27. The molecule has 1 N–H and O–H groups in total. The zero-order valence-electron chi connectivity index (χ0n) is 9.83. The molecule has 0 aromatic heterocycles. The lowest BCUT2D eigenvalue weighted by atomic mass is 10.1. The number of nitrogens with one attached hydrogen (secondary N) is 1. The Bertz CT molecular complexity index is 401. The number of carbonyl (C=O) groups excluding carboxylic acids is 1. The molecule has 1 aromatic rings. The van der Waals surface area contributed by atoms with Gasteiger partial charge in [0.2, 0.25) is 0 Å². The highest BCUT2D eigenvalue weighted by atomic mass is 35.5. The molecular weight excluding hydrogens is 264 g/mol. The fraction of sp³-hybridized carbons (Fsp3) is 0.417. The fourth-order valence-electron chi connectivity index (χ4n) is 1.39. The Morgan fingerprint density at radius 3 is 2.72 bits per heavy atom. The molecule has 0 aliphatic heterocycles. The third-order valence-corrected chi connectivity index (χ3v) is 2.49. The molecule has 1 atom stereocenters. The van der Waals surface area contributed by atoms with Crippen molar-refractivity contribution >= 4 is 17.5 Å². The average Bonchev–Trinajstić information content (AvgIpc) is 2.28. The number of rotatable bonds is 6. The molecule has 3 nitrogen and oxygen atoms in total. The lowest BCUT2D eigenvalue weighted by Crippen LogP contribution is -2.33. The van der Waals surface area contributed by atoms with E-state index in [0.717, 1.165) is 0 Å². The van der Waals surface area contributed by atoms with Gasteiger partial charge in [0.1, 0.15) is 5.75 Å². The van der Waals surface area contributed by atoms with Gasteiger partial charge in [-0.15, -0.1) is 11.6 Å². The number of halogens is 3. The topological polar surface area (TPSA) is 38.3 Å². The maximum atomic E-state index is 12.2. The Labute approximate surface area is 109 Å². The second kappa shape index (κ2) is 7.16. The highest BCUT2D eigenvalue weighted by Crippen LogP contribution is 2.20. The Morgan fingerprint density at radius 2 is 2.11 bits per heavy atom. The first kappa shape index (κ1) is 14.7. The van der Waals surface area contributed by atoms with E-state index in [1.54, 1.807) is 13.0 Å². The number of hydrogen-bond donors (Lipinski definition) is 1. The minimum Gasteiger partial charge on any atom is -0.434 e. The molecule has 0 saturated carbocycles. The lowest BCUT2D eigenvalue weighted by molar-refractivity contribution is -0.0501. The highest BCUT2D eigenvalue weighted by molar-refractivity contribution is 6.17. The van der Waals surface area contributed by atoms with Gasteiger partial charge in [-0.2, -0.15) is 8.78 Å². The van der Waals surface area contributed by atoms with Gasteiger partial charge in [0.25, 0.3) is 5.91 Å². The van der Waals surface area contributed by atoms with E-state index in [4.69, 9.17) is 11.6 Å². The molecule has 1 unspecified atom stereocenters. The van der Waals surface area contributed by atoms with Crippen molar-refractivity contribution in [3.63, 3.8) is 0 Å². The van der Waals surface area contributed by atoms with Crippen LogP contribution in [0, 0.1) is 0 Å². The van der Waals surface area contributed by atoms with Gasteiger partial charge in [0, 0.05) is 11.9 Å². The Kier molecular flexibility index (Phi) is 5.85. The molecule has 0 aliphatic carbocycles. The standard InChI is InChI=1S/C12H14ClF2NO2/c1-8(6-7-13)16-11(17)9-4-2-3-5-10(9)18-12(14)15/h2-5,8,12H,6-7H2,1H3,(H,16,17). The molecule has 0 fully saturated rings. The molecule has 0 aliphatic rings. The minimum atomic E-state index is -2.96. The van der Waals surface area contributed by atoms with Gasteiger partial charge in [-0.3, -0.25) is 4.79 Å². The highest BCUT2D eigenvalue weighted by Gasteiger charge is 2.16. The molecule has 0 saturated heterocycles. The van der Waals surface area contributed by atoms with Crippen LogP contribution >= 0.6 is 11.6 Å². The summed E-state index contributed by atoms with van der Waals surface area (Å²) in [5.74, 6) is -0.177. The quantitative estimate of drug-likeness (QED) is 0.812. The molecule has 100 valence electrons. The van der Waals surface area contributed by atoms with Crippen molar-refractivity contribution in [3.8, 4) is 5.75 Å². The van der Waals surface area contributed by atoms with Gasteiger partial charge in [-0.1, -0.05) is 12.1 Å². The first-order valence-corrected chi connectivity index (χ1v) is 5.98. The van der Waals surface area contributed by atoms with Crippen molar-refractivity contribution in [2.45, 2.75) is 26.0 Å². The van der Waals surface area contributed by atoms with E-state index < -0.39 is 12.5 Å². The van der Waals surface area contributed by atoms with Crippen LogP contribution in [0.4, 0.5) is 8.78 Å². The van der Waals surface area contributed by atoms with Gasteiger partial charge >= 0.3 is 6.61 Å². The van der Waals surface area contributed by atoms with Gasteiger partial charge in [0.05, 0.1) is 5.56 Å².